The van der Waals surface area contributed by atoms with Crippen LogP contribution in [0.1, 0.15) is 36.3 Å². The summed E-state index contributed by atoms with van der Waals surface area (Å²) in [6.07, 6.45) is 8.25. The van der Waals surface area contributed by atoms with Crippen LogP contribution in [0.5, 0.6) is 5.88 Å². The van der Waals surface area contributed by atoms with Crippen LogP contribution in [0.25, 0.3) is 0 Å². The summed E-state index contributed by atoms with van der Waals surface area (Å²) in [4.78, 5) is 25.0. The molecule has 0 unspecified atom stereocenters. The number of rotatable bonds is 8. The van der Waals surface area contributed by atoms with Crippen molar-refractivity contribution in [2.75, 3.05) is 25.1 Å². The van der Waals surface area contributed by atoms with Crippen LogP contribution in [0.2, 0.25) is 0 Å². The molecule has 1 aromatic heterocycles. The molecule has 0 radical (unpaired) electrons. The van der Waals surface area contributed by atoms with Crippen LogP contribution < -0.4 is 15.8 Å². The van der Waals surface area contributed by atoms with Gasteiger partial charge in [0.05, 0.1) is 29.3 Å². The van der Waals surface area contributed by atoms with E-state index < -0.39 is 23.1 Å². The van der Waals surface area contributed by atoms with Crippen LogP contribution >= 0.6 is 11.8 Å². The molecule has 178 valence electrons. The van der Waals surface area contributed by atoms with Crippen molar-refractivity contribution in [3.63, 3.8) is 0 Å². The average Bonchev–Trinajstić information content (AvgIpc) is 3.54. The second kappa shape index (κ2) is 9.19. The summed E-state index contributed by atoms with van der Waals surface area (Å²) in [5, 5.41) is 2.82. The Labute approximate surface area is 199 Å². The number of terminal acetylenes is 1. The van der Waals surface area contributed by atoms with Gasteiger partial charge in [0.1, 0.15) is 5.69 Å². The fraction of sp³-hybridized carbons (Fsp3) is 0.391. The summed E-state index contributed by atoms with van der Waals surface area (Å²) in [6, 6.07) is 2.29. The largest absolute Gasteiger partial charge is 0.463 e. The van der Waals surface area contributed by atoms with Crippen molar-refractivity contribution in [2.45, 2.75) is 30.6 Å². The second-order valence-corrected chi connectivity index (χ2v) is 9.60. The van der Waals surface area contributed by atoms with E-state index in [4.69, 9.17) is 21.6 Å². The number of thioether (sulfide) groups is 1. The van der Waals surface area contributed by atoms with Crippen molar-refractivity contribution in [1.29, 1.82) is 0 Å². The molecular weight excluding hydrogens is 464 g/mol. The van der Waals surface area contributed by atoms with Gasteiger partial charge in [0.25, 0.3) is 5.91 Å². The van der Waals surface area contributed by atoms with Crippen LogP contribution in [0, 0.1) is 29.9 Å². The molecule has 34 heavy (non-hydrogen) atoms. The number of nitrogens with two attached hydrogens (primary N) is 1. The Morgan fingerprint density at radius 1 is 1.38 bits per heavy atom. The fourth-order valence-electron chi connectivity index (χ4n) is 4.21. The Morgan fingerprint density at radius 2 is 2.18 bits per heavy atom. The molecule has 2 heterocycles. The van der Waals surface area contributed by atoms with Gasteiger partial charge in [0, 0.05) is 29.8 Å². The van der Waals surface area contributed by atoms with E-state index in [0.717, 1.165) is 6.07 Å². The van der Waals surface area contributed by atoms with E-state index in [1.54, 1.807) is 6.92 Å². The number of benzene rings is 1. The van der Waals surface area contributed by atoms with Crippen molar-refractivity contribution >= 4 is 28.5 Å². The van der Waals surface area contributed by atoms with Gasteiger partial charge >= 0.3 is 0 Å². The van der Waals surface area contributed by atoms with Gasteiger partial charge in [-0.25, -0.2) is 18.7 Å². The highest BCUT2D eigenvalue weighted by Gasteiger charge is 2.66. The lowest BCUT2D eigenvalue weighted by Crippen LogP contribution is -2.38. The van der Waals surface area contributed by atoms with Gasteiger partial charge in [-0.15, -0.1) is 6.42 Å². The second-order valence-electron chi connectivity index (χ2n) is 8.16. The summed E-state index contributed by atoms with van der Waals surface area (Å²) in [5.74, 6) is -0.456. The Morgan fingerprint density at radius 3 is 2.85 bits per heavy atom. The summed E-state index contributed by atoms with van der Waals surface area (Å²) < 4.78 is 40.1. The highest BCUT2D eigenvalue weighted by molar-refractivity contribution is 8.15. The number of hydrogen-bond donors (Lipinski definition) is 2. The zero-order chi connectivity index (χ0) is 24.5. The molecule has 0 saturated heterocycles. The first-order chi connectivity index (χ1) is 16.2. The lowest BCUT2D eigenvalue weighted by atomic mass is 9.85. The number of anilines is 1. The van der Waals surface area contributed by atoms with E-state index in [2.05, 4.69) is 26.2 Å². The van der Waals surface area contributed by atoms with Crippen molar-refractivity contribution in [2.24, 2.45) is 16.6 Å². The number of ether oxygens (including phenoxy) is 2. The quantitative estimate of drug-likeness (QED) is 0.551. The molecule has 1 saturated carbocycles. The molecule has 1 aliphatic heterocycles. The van der Waals surface area contributed by atoms with Gasteiger partial charge in [-0.05, 0) is 26.3 Å². The summed E-state index contributed by atoms with van der Waals surface area (Å²) in [5.41, 5.74) is 4.99. The average molecular weight is 488 g/mol. The number of carbonyl (C=O) groups excluding carboxylic acids is 1. The molecule has 11 heteroatoms. The minimum absolute atomic E-state index is 0.00890. The Bertz CT molecular complexity index is 1190. The van der Waals surface area contributed by atoms with E-state index in [9.17, 15) is 9.18 Å². The molecule has 2 aromatic rings. The van der Waals surface area contributed by atoms with Crippen molar-refractivity contribution in [1.82, 2.24) is 9.97 Å². The molecule has 1 aromatic carbocycles. The Hall–Kier alpha value is -3.23. The highest BCUT2D eigenvalue weighted by Crippen LogP contribution is 2.66. The van der Waals surface area contributed by atoms with Crippen LogP contribution in [-0.4, -0.2) is 45.6 Å². The molecule has 8 nitrogen and oxygen atoms in total. The first-order valence-corrected chi connectivity index (χ1v) is 11.4. The number of nitrogens with one attached hydrogen (secondary N) is 1. The lowest BCUT2D eigenvalue weighted by molar-refractivity contribution is 0.102. The van der Waals surface area contributed by atoms with E-state index in [1.807, 2.05) is 6.92 Å². The van der Waals surface area contributed by atoms with E-state index in [1.165, 1.54) is 30.2 Å². The van der Waals surface area contributed by atoms with Gasteiger partial charge in [-0.3, -0.25) is 9.79 Å². The molecule has 0 spiro atoms. The molecule has 1 fully saturated rings. The predicted molar refractivity (Wildman–Crippen MR) is 125 cm³/mol. The third kappa shape index (κ3) is 4.43. The monoisotopic (exact) mass is 487 g/mol. The zero-order valence-corrected chi connectivity index (χ0v) is 19.4. The van der Waals surface area contributed by atoms with Gasteiger partial charge in [0.15, 0.2) is 23.4 Å². The molecule has 4 rings (SSSR count). The number of halogens is 2. The van der Waals surface area contributed by atoms with Crippen LogP contribution in [0.15, 0.2) is 29.5 Å². The lowest BCUT2D eigenvalue weighted by Gasteiger charge is -2.34. The molecule has 2 aliphatic rings. The molecule has 1 aliphatic carbocycles. The summed E-state index contributed by atoms with van der Waals surface area (Å²) in [6.45, 7) is 4.59. The minimum atomic E-state index is -1.12. The van der Waals surface area contributed by atoms with Gasteiger partial charge in [0.2, 0.25) is 5.88 Å². The maximum absolute atomic E-state index is 15.0. The van der Waals surface area contributed by atoms with Crippen LogP contribution in [-0.2, 0) is 10.3 Å². The predicted octanol–water partition coefficient (Wildman–Crippen LogP) is 3.09. The van der Waals surface area contributed by atoms with Gasteiger partial charge in [-0.2, -0.15) is 0 Å². The first-order valence-electron chi connectivity index (χ1n) is 10.5. The number of hydrogen-bond acceptors (Lipinski definition) is 8. The fourth-order valence-corrected chi connectivity index (χ4v) is 5.62. The molecule has 3 N–H and O–H groups in total. The number of aromatic nitrogens is 2. The maximum atomic E-state index is 15.0. The van der Waals surface area contributed by atoms with E-state index >= 15 is 4.39 Å². The number of carbonyl (C=O) groups is 1. The zero-order valence-electron chi connectivity index (χ0n) is 18.6. The number of amides is 1. The molecule has 0 bridgehead atoms. The first kappa shape index (κ1) is 23.9. The van der Waals surface area contributed by atoms with E-state index in [-0.39, 0.29) is 45.3 Å². The summed E-state index contributed by atoms with van der Waals surface area (Å²) >= 11 is 1.41. The summed E-state index contributed by atoms with van der Waals surface area (Å²) in [7, 11) is 0. The van der Waals surface area contributed by atoms with Crippen molar-refractivity contribution in [3.05, 3.63) is 47.4 Å². The maximum Gasteiger partial charge on any atom is 0.275 e. The highest BCUT2D eigenvalue weighted by atomic mass is 32.2. The smallest absolute Gasteiger partial charge is 0.275 e. The SMILES string of the molecule is C#CCOc1cnc(C(=O)Nc2cc(F)c(F)c([C@@]3(C)N=C(N)S[C@@]4(COCC)C[C@H]43)c2)cn1. The topological polar surface area (TPSA) is 112 Å². The standard InChI is InChI=1S/C23H23F2N5O3S/c1-4-6-33-18-11-27-16(10-28-18)20(31)29-13-7-14(19(25)15(24)8-13)22(3)17-9-23(17,12-32-5-2)34-21(26)30-22/h1,7-8,10-11,17H,5-6,9,12H2,2-3H3,(H2,26,30)(H,29,31)/t17-,22+,23+/m0/s1. The third-order valence-electron chi connectivity index (χ3n) is 5.90. The Kier molecular flexibility index (Phi) is 6.47. The molecule has 1 amide bonds. The minimum Gasteiger partial charge on any atom is -0.463 e. The number of fused-ring (bicyclic) bond motifs is 1. The number of nitrogens with zero attached hydrogens (tertiary/aromatic N) is 3. The number of amidine groups is 1. The van der Waals surface area contributed by atoms with Crippen LogP contribution in [0.3, 0.4) is 0 Å². The Balaban J connectivity index is 1.60. The third-order valence-corrected chi connectivity index (χ3v) is 7.18. The number of aliphatic imine (C=N–C) groups is 1. The van der Waals surface area contributed by atoms with E-state index in [0.29, 0.717) is 19.6 Å². The van der Waals surface area contributed by atoms with Gasteiger partial charge in [-0.1, -0.05) is 17.7 Å². The van der Waals surface area contributed by atoms with Crippen molar-refractivity contribution < 1.29 is 23.0 Å². The van der Waals surface area contributed by atoms with Crippen molar-refractivity contribution in [3.8, 4) is 18.2 Å². The molecule has 3 atom stereocenters. The van der Waals surface area contributed by atoms with Crippen LogP contribution in [0.4, 0.5) is 14.5 Å². The normalized spacial score (nSPS) is 25.0. The van der Waals surface area contributed by atoms with Gasteiger partial charge < -0.3 is 20.5 Å². The molecular formula is C23H23F2N5O3S.